The third kappa shape index (κ3) is 4.07. The third-order valence-electron chi connectivity index (χ3n) is 3.82. The van der Waals surface area contributed by atoms with Crippen LogP contribution in [0.25, 0.3) is 0 Å². The van der Waals surface area contributed by atoms with Gasteiger partial charge in [0.25, 0.3) is 0 Å². The molecule has 0 radical (unpaired) electrons. The first-order valence-electron chi connectivity index (χ1n) is 8.44. The highest BCUT2D eigenvalue weighted by atomic mass is 16.6. The van der Waals surface area contributed by atoms with Crippen LogP contribution in [0.5, 0.6) is 17.2 Å². The number of hydrogen-bond donors (Lipinski definition) is 0. The molecule has 0 N–H and O–H groups in total. The number of hydrogen-bond acceptors (Lipinski definition) is 4. The Kier molecular flexibility index (Phi) is 6.37. The maximum atomic E-state index is 5.87. The Bertz CT molecular complexity index is 472. The van der Waals surface area contributed by atoms with Crippen LogP contribution in [0.4, 0.5) is 0 Å². The highest BCUT2D eigenvalue weighted by Crippen LogP contribution is 2.42. The lowest BCUT2D eigenvalue weighted by Crippen LogP contribution is -2.06. The minimum absolute atomic E-state index is 0.404. The summed E-state index contributed by atoms with van der Waals surface area (Å²) in [6, 6.07) is 4.07. The molecule has 22 heavy (non-hydrogen) atoms. The van der Waals surface area contributed by atoms with Gasteiger partial charge in [0.15, 0.2) is 11.5 Å². The topological polar surface area (TPSA) is 40.2 Å². The summed E-state index contributed by atoms with van der Waals surface area (Å²) in [5.41, 5.74) is 1.17. The average molecular weight is 308 g/mol. The zero-order chi connectivity index (χ0) is 15.9. The van der Waals surface area contributed by atoms with Gasteiger partial charge in [0.2, 0.25) is 5.75 Å². The van der Waals surface area contributed by atoms with E-state index in [0.717, 1.165) is 36.5 Å². The lowest BCUT2D eigenvalue weighted by atomic mass is 10.0. The fourth-order valence-corrected chi connectivity index (χ4v) is 2.72. The van der Waals surface area contributed by atoms with E-state index < -0.39 is 0 Å². The van der Waals surface area contributed by atoms with Crippen molar-refractivity contribution in [1.29, 1.82) is 0 Å². The van der Waals surface area contributed by atoms with Crippen LogP contribution in [-0.4, -0.2) is 32.0 Å². The van der Waals surface area contributed by atoms with Gasteiger partial charge in [0.1, 0.15) is 0 Å². The molecule has 1 fully saturated rings. The minimum Gasteiger partial charge on any atom is -0.490 e. The molecule has 1 aromatic rings. The number of benzene rings is 1. The first-order chi connectivity index (χ1) is 10.7. The molecule has 4 heteroatoms. The minimum atomic E-state index is 0.404. The standard InChI is InChI=1S/C18H28O4/c1-5-14-15(22-14)11-9-13-10-12-16(19-6-2)18(21-8-4)17(13)20-7-3/h10,12,14-15H,5-9,11H2,1-4H3. The lowest BCUT2D eigenvalue weighted by Gasteiger charge is -2.18. The van der Waals surface area contributed by atoms with E-state index in [-0.39, 0.29) is 0 Å². The summed E-state index contributed by atoms with van der Waals surface area (Å²) in [5, 5.41) is 0. The van der Waals surface area contributed by atoms with E-state index >= 15 is 0 Å². The van der Waals surface area contributed by atoms with Crippen molar-refractivity contribution in [3.05, 3.63) is 17.7 Å². The lowest BCUT2D eigenvalue weighted by molar-refractivity contribution is 0.259. The third-order valence-corrected chi connectivity index (χ3v) is 3.82. The highest BCUT2D eigenvalue weighted by Gasteiger charge is 2.36. The van der Waals surface area contributed by atoms with Crippen LogP contribution < -0.4 is 14.2 Å². The highest BCUT2D eigenvalue weighted by molar-refractivity contribution is 5.56. The normalized spacial score (nSPS) is 19.8. The van der Waals surface area contributed by atoms with Gasteiger partial charge in [-0.2, -0.15) is 0 Å². The number of aryl methyl sites for hydroxylation is 1. The van der Waals surface area contributed by atoms with E-state index in [9.17, 15) is 0 Å². The van der Waals surface area contributed by atoms with Crippen molar-refractivity contribution in [1.82, 2.24) is 0 Å². The molecule has 2 unspecified atom stereocenters. The van der Waals surface area contributed by atoms with Gasteiger partial charge >= 0.3 is 0 Å². The molecule has 1 aromatic carbocycles. The average Bonchev–Trinajstić information content (AvgIpc) is 3.28. The molecule has 0 amide bonds. The van der Waals surface area contributed by atoms with Crippen molar-refractivity contribution >= 4 is 0 Å². The van der Waals surface area contributed by atoms with Crippen LogP contribution in [0.3, 0.4) is 0 Å². The van der Waals surface area contributed by atoms with Gasteiger partial charge in [0.05, 0.1) is 32.0 Å². The van der Waals surface area contributed by atoms with Crippen molar-refractivity contribution in [2.24, 2.45) is 0 Å². The van der Waals surface area contributed by atoms with Gasteiger partial charge < -0.3 is 18.9 Å². The number of ether oxygens (including phenoxy) is 4. The quantitative estimate of drug-likeness (QED) is 0.613. The van der Waals surface area contributed by atoms with Crippen LogP contribution in [0.1, 0.15) is 46.1 Å². The van der Waals surface area contributed by atoms with E-state index in [2.05, 4.69) is 13.0 Å². The predicted octanol–water partition coefficient (Wildman–Crippen LogP) is 3.99. The van der Waals surface area contributed by atoms with Crippen LogP contribution in [-0.2, 0) is 11.2 Å². The number of rotatable bonds is 10. The van der Waals surface area contributed by atoms with Crippen molar-refractivity contribution in [3.8, 4) is 17.2 Å². The van der Waals surface area contributed by atoms with E-state index in [4.69, 9.17) is 18.9 Å². The molecule has 2 atom stereocenters. The zero-order valence-corrected chi connectivity index (χ0v) is 14.2. The molecule has 124 valence electrons. The Morgan fingerprint density at radius 2 is 1.55 bits per heavy atom. The molecule has 0 aliphatic carbocycles. The zero-order valence-electron chi connectivity index (χ0n) is 14.2. The van der Waals surface area contributed by atoms with Gasteiger partial charge in [-0.25, -0.2) is 0 Å². The molecule has 0 saturated carbocycles. The first kappa shape index (κ1) is 16.9. The first-order valence-corrected chi connectivity index (χ1v) is 8.44. The number of epoxide rings is 1. The van der Waals surface area contributed by atoms with Crippen molar-refractivity contribution in [2.45, 2.75) is 59.2 Å². The van der Waals surface area contributed by atoms with Crippen molar-refractivity contribution in [2.75, 3.05) is 19.8 Å². The molecule has 1 heterocycles. The SMILES string of the molecule is CCOc1ccc(CCC2OC2CC)c(OCC)c1OCC. The molecule has 4 nitrogen and oxygen atoms in total. The summed E-state index contributed by atoms with van der Waals surface area (Å²) in [6.45, 7) is 9.91. The maximum Gasteiger partial charge on any atom is 0.203 e. The van der Waals surface area contributed by atoms with Gasteiger partial charge in [-0.3, -0.25) is 0 Å². The molecule has 1 aliphatic heterocycles. The Morgan fingerprint density at radius 3 is 2.14 bits per heavy atom. The van der Waals surface area contributed by atoms with Crippen LogP contribution in [0.15, 0.2) is 12.1 Å². The Morgan fingerprint density at radius 1 is 0.864 bits per heavy atom. The van der Waals surface area contributed by atoms with Gasteiger partial charge in [-0.05, 0) is 51.7 Å². The summed E-state index contributed by atoms with van der Waals surface area (Å²) < 4.78 is 23.0. The summed E-state index contributed by atoms with van der Waals surface area (Å²) in [5.74, 6) is 2.31. The second-order valence-electron chi connectivity index (χ2n) is 5.34. The molecule has 0 aromatic heterocycles. The van der Waals surface area contributed by atoms with E-state index in [1.807, 2.05) is 26.8 Å². The summed E-state index contributed by atoms with van der Waals surface area (Å²) in [4.78, 5) is 0. The Labute approximate surface area is 133 Å². The molecule has 1 saturated heterocycles. The van der Waals surface area contributed by atoms with Crippen molar-refractivity contribution in [3.63, 3.8) is 0 Å². The summed E-state index contributed by atoms with van der Waals surface area (Å²) >= 11 is 0. The second kappa shape index (κ2) is 8.28. The van der Waals surface area contributed by atoms with Gasteiger partial charge in [-0.15, -0.1) is 0 Å². The Balaban J connectivity index is 2.17. The smallest absolute Gasteiger partial charge is 0.203 e. The Hall–Kier alpha value is -1.42. The molecule has 0 bridgehead atoms. The largest absolute Gasteiger partial charge is 0.490 e. The molecule has 2 rings (SSSR count). The molecular formula is C18H28O4. The van der Waals surface area contributed by atoms with Crippen LogP contribution >= 0.6 is 0 Å². The van der Waals surface area contributed by atoms with Gasteiger partial charge in [0, 0.05) is 0 Å². The van der Waals surface area contributed by atoms with E-state index in [1.54, 1.807) is 0 Å². The fourth-order valence-electron chi connectivity index (χ4n) is 2.72. The van der Waals surface area contributed by atoms with Crippen LogP contribution in [0, 0.1) is 0 Å². The predicted molar refractivity (Wildman–Crippen MR) is 87.2 cm³/mol. The van der Waals surface area contributed by atoms with E-state index in [1.165, 1.54) is 5.56 Å². The summed E-state index contributed by atoms with van der Waals surface area (Å²) in [6.07, 6.45) is 3.91. The second-order valence-corrected chi connectivity index (χ2v) is 5.34. The summed E-state index contributed by atoms with van der Waals surface area (Å²) in [7, 11) is 0. The van der Waals surface area contributed by atoms with Crippen LogP contribution in [0.2, 0.25) is 0 Å². The molecule has 1 aliphatic rings. The maximum absolute atomic E-state index is 5.87. The van der Waals surface area contributed by atoms with Crippen molar-refractivity contribution < 1.29 is 18.9 Å². The molecular weight excluding hydrogens is 280 g/mol. The van der Waals surface area contributed by atoms with Gasteiger partial charge in [-0.1, -0.05) is 13.0 Å². The van der Waals surface area contributed by atoms with E-state index in [0.29, 0.717) is 32.0 Å². The fraction of sp³-hybridized carbons (Fsp3) is 0.667. The molecule has 0 spiro atoms. The monoisotopic (exact) mass is 308 g/mol.